The Labute approximate surface area is 203 Å². The maximum atomic E-state index is 14.1. The molecule has 1 atom stereocenters. The molecule has 7 heteroatoms. The van der Waals surface area contributed by atoms with E-state index in [-0.39, 0.29) is 17.0 Å². The van der Waals surface area contributed by atoms with Crippen molar-refractivity contribution in [3.8, 4) is 11.5 Å². The Morgan fingerprint density at radius 3 is 2.37 bits per heavy atom. The van der Waals surface area contributed by atoms with Crippen molar-refractivity contribution in [3.05, 3.63) is 95.3 Å². The Hall–Kier alpha value is -4.13. The fourth-order valence-electron chi connectivity index (χ4n) is 3.98. The number of nitrogens with zero attached hydrogens (tertiary/aromatic N) is 1. The third-order valence-electron chi connectivity index (χ3n) is 5.65. The van der Waals surface area contributed by atoms with Crippen molar-refractivity contribution >= 4 is 23.1 Å². The molecule has 0 saturated carbocycles. The minimum absolute atomic E-state index is 0.0922. The quantitative estimate of drug-likeness (QED) is 0.278. The van der Waals surface area contributed by atoms with Gasteiger partial charge in [-0.3, -0.25) is 14.5 Å². The monoisotopic (exact) mass is 475 g/mol. The first kappa shape index (κ1) is 24.0. The van der Waals surface area contributed by atoms with Gasteiger partial charge in [-0.15, -0.1) is 0 Å². The number of anilines is 1. The lowest BCUT2D eigenvalue weighted by atomic mass is 9.95. The summed E-state index contributed by atoms with van der Waals surface area (Å²) in [6, 6.07) is 18.0. The van der Waals surface area contributed by atoms with Crippen LogP contribution in [0, 0.1) is 11.7 Å². The first-order valence-electron chi connectivity index (χ1n) is 11.2. The lowest BCUT2D eigenvalue weighted by Gasteiger charge is -2.25. The van der Waals surface area contributed by atoms with E-state index in [1.165, 1.54) is 30.2 Å². The number of hydrogen-bond acceptors (Lipinski definition) is 5. The zero-order valence-electron chi connectivity index (χ0n) is 19.7. The van der Waals surface area contributed by atoms with E-state index < -0.39 is 23.5 Å². The third kappa shape index (κ3) is 4.89. The molecule has 0 aromatic heterocycles. The molecule has 1 heterocycles. The van der Waals surface area contributed by atoms with Crippen LogP contribution in [0.3, 0.4) is 0 Å². The van der Waals surface area contributed by atoms with Crippen LogP contribution in [-0.2, 0) is 9.59 Å². The number of rotatable bonds is 7. The summed E-state index contributed by atoms with van der Waals surface area (Å²) in [5.74, 6) is -1.18. The number of Topliss-reactive ketones (excluding diaryl/α,β-unsaturated/α-hetero) is 1. The van der Waals surface area contributed by atoms with Gasteiger partial charge in [-0.2, -0.15) is 0 Å². The number of halogens is 1. The van der Waals surface area contributed by atoms with E-state index in [2.05, 4.69) is 0 Å². The summed E-state index contributed by atoms with van der Waals surface area (Å²) < 4.78 is 25.0. The number of aliphatic hydroxyl groups is 1. The molecule has 35 heavy (non-hydrogen) atoms. The smallest absolute Gasteiger partial charge is 0.300 e. The van der Waals surface area contributed by atoms with E-state index in [0.717, 1.165) is 0 Å². The number of aliphatic hydroxyl groups excluding tert-OH is 1. The number of amides is 1. The summed E-state index contributed by atoms with van der Waals surface area (Å²) in [4.78, 5) is 27.6. The van der Waals surface area contributed by atoms with Gasteiger partial charge in [0.1, 0.15) is 23.1 Å². The Kier molecular flexibility index (Phi) is 6.87. The number of methoxy groups -OCH3 is 1. The zero-order chi connectivity index (χ0) is 25.1. The second-order valence-electron chi connectivity index (χ2n) is 8.65. The lowest BCUT2D eigenvalue weighted by molar-refractivity contribution is -0.132. The summed E-state index contributed by atoms with van der Waals surface area (Å²) in [5, 5.41) is 11.3. The van der Waals surface area contributed by atoms with E-state index in [1.54, 1.807) is 54.6 Å². The number of carbonyl (C=O) groups is 2. The van der Waals surface area contributed by atoms with Crippen molar-refractivity contribution < 1.29 is 28.6 Å². The van der Waals surface area contributed by atoms with Gasteiger partial charge in [0.15, 0.2) is 0 Å². The number of benzene rings is 3. The predicted octanol–water partition coefficient (Wildman–Crippen LogP) is 5.50. The molecular formula is C28H26FNO5. The van der Waals surface area contributed by atoms with E-state index in [1.807, 2.05) is 13.8 Å². The largest absolute Gasteiger partial charge is 0.507 e. The molecule has 1 fully saturated rings. The van der Waals surface area contributed by atoms with E-state index >= 15 is 0 Å². The highest BCUT2D eigenvalue weighted by Crippen LogP contribution is 2.42. The average Bonchev–Trinajstić information content (AvgIpc) is 3.12. The van der Waals surface area contributed by atoms with Crippen molar-refractivity contribution in [2.75, 3.05) is 18.6 Å². The van der Waals surface area contributed by atoms with Crippen LogP contribution >= 0.6 is 0 Å². The molecule has 3 aromatic carbocycles. The molecular weight excluding hydrogens is 449 g/mol. The van der Waals surface area contributed by atoms with Gasteiger partial charge in [-0.05, 0) is 53.9 Å². The second kappa shape index (κ2) is 10.0. The first-order chi connectivity index (χ1) is 16.8. The van der Waals surface area contributed by atoms with Crippen LogP contribution in [-0.4, -0.2) is 30.5 Å². The molecule has 1 saturated heterocycles. The summed E-state index contributed by atoms with van der Waals surface area (Å²) >= 11 is 0. The standard InChI is InChI=1S/C28H26FNO5/c1-17(2)16-35-23-9-4-6-19(14-23)26(31)24-25(18-10-12-22(34-3)13-11-18)30(28(33)27(24)32)21-8-5-7-20(29)15-21/h4-15,17,25,31H,16H2,1-3H3/b26-24+. The van der Waals surface area contributed by atoms with Crippen molar-refractivity contribution in [2.24, 2.45) is 5.92 Å². The predicted molar refractivity (Wildman–Crippen MR) is 131 cm³/mol. The Bertz CT molecular complexity index is 1280. The number of carbonyl (C=O) groups excluding carboxylic acids is 2. The first-order valence-corrected chi connectivity index (χ1v) is 11.2. The normalized spacial score (nSPS) is 17.2. The molecule has 1 amide bonds. The molecule has 0 aliphatic carbocycles. The minimum Gasteiger partial charge on any atom is -0.507 e. The van der Waals surface area contributed by atoms with E-state index in [4.69, 9.17) is 9.47 Å². The van der Waals surface area contributed by atoms with E-state index in [0.29, 0.717) is 35.2 Å². The van der Waals surface area contributed by atoms with Crippen molar-refractivity contribution in [1.82, 2.24) is 0 Å². The van der Waals surface area contributed by atoms with Gasteiger partial charge in [-0.1, -0.05) is 44.2 Å². The summed E-state index contributed by atoms with van der Waals surface area (Å²) in [6.07, 6.45) is 0. The van der Waals surface area contributed by atoms with Crippen LogP contribution in [0.5, 0.6) is 11.5 Å². The molecule has 1 aliphatic heterocycles. The van der Waals surface area contributed by atoms with E-state index in [9.17, 15) is 19.1 Å². The van der Waals surface area contributed by atoms with Gasteiger partial charge >= 0.3 is 0 Å². The van der Waals surface area contributed by atoms with Crippen LogP contribution < -0.4 is 14.4 Å². The SMILES string of the molecule is COc1ccc(C2/C(=C(\O)c3cccc(OCC(C)C)c3)C(=O)C(=O)N2c2cccc(F)c2)cc1. The summed E-state index contributed by atoms with van der Waals surface area (Å²) in [5.41, 5.74) is 1.01. The molecule has 1 unspecified atom stereocenters. The molecule has 4 rings (SSSR count). The molecule has 1 N–H and O–H groups in total. The highest BCUT2D eigenvalue weighted by Gasteiger charge is 2.47. The Morgan fingerprint density at radius 1 is 1.00 bits per heavy atom. The molecule has 1 aliphatic rings. The van der Waals surface area contributed by atoms with Crippen LogP contribution in [0.2, 0.25) is 0 Å². The Balaban J connectivity index is 1.86. The van der Waals surface area contributed by atoms with Gasteiger partial charge in [0, 0.05) is 11.3 Å². The molecule has 6 nitrogen and oxygen atoms in total. The molecule has 0 radical (unpaired) electrons. The third-order valence-corrected chi connectivity index (χ3v) is 5.65. The highest BCUT2D eigenvalue weighted by molar-refractivity contribution is 6.51. The molecule has 3 aromatic rings. The number of hydrogen-bond donors (Lipinski definition) is 1. The summed E-state index contributed by atoms with van der Waals surface area (Å²) in [6.45, 7) is 4.53. The van der Waals surface area contributed by atoms with Crippen LogP contribution in [0.15, 0.2) is 78.4 Å². The van der Waals surface area contributed by atoms with Gasteiger partial charge in [0.2, 0.25) is 0 Å². The fraction of sp³-hybridized carbons (Fsp3) is 0.214. The zero-order valence-corrected chi connectivity index (χ0v) is 19.7. The number of ketones is 1. The maximum Gasteiger partial charge on any atom is 0.300 e. The van der Waals surface area contributed by atoms with Crippen LogP contribution in [0.25, 0.3) is 5.76 Å². The minimum atomic E-state index is -0.969. The summed E-state index contributed by atoms with van der Waals surface area (Å²) in [7, 11) is 1.53. The van der Waals surface area contributed by atoms with Gasteiger partial charge in [0.05, 0.1) is 25.3 Å². The molecule has 180 valence electrons. The van der Waals surface area contributed by atoms with Crippen molar-refractivity contribution in [2.45, 2.75) is 19.9 Å². The second-order valence-corrected chi connectivity index (χ2v) is 8.65. The number of ether oxygens (including phenoxy) is 2. The van der Waals surface area contributed by atoms with Crippen molar-refractivity contribution in [1.29, 1.82) is 0 Å². The maximum absolute atomic E-state index is 14.1. The topological polar surface area (TPSA) is 76.1 Å². The van der Waals surface area contributed by atoms with Crippen LogP contribution in [0.1, 0.15) is 31.0 Å². The Morgan fingerprint density at radius 2 is 1.71 bits per heavy atom. The van der Waals surface area contributed by atoms with Gasteiger partial charge in [-0.25, -0.2) is 4.39 Å². The van der Waals surface area contributed by atoms with Gasteiger partial charge in [0.25, 0.3) is 11.7 Å². The molecule has 0 bridgehead atoms. The average molecular weight is 476 g/mol. The molecule has 0 spiro atoms. The highest BCUT2D eigenvalue weighted by atomic mass is 19.1. The fourth-order valence-corrected chi connectivity index (χ4v) is 3.98. The van der Waals surface area contributed by atoms with Crippen molar-refractivity contribution in [3.63, 3.8) is 0 Å². The van der Waals surface area contributed by atoms with Gasteiger partial charge < -0.3 is 14.6 Å². The lowest BCUT2D eigenvalue weighted by Crippen LogP contribution is -2.29. The van der Waals surface area contributed by atoms with Crippen LogP contribution in [0.4, 0.5) is 10.1 Å².